The Hall–Kier alpha value is -2.83. The van der Waals surface area contributed by atoms with Gasteiger partial charge in [-0.15, -0.1) is 0 Å². The fourth-order valence-corrected chi connectivity index (χ4v) is 3.11. The van der Waals surface area contributed by atoms with Gasteiger partial charge in [-0.2, -0.15) is 0 Å². The third-order valence-electron chi connectivity index (χ3n) is 4.61. The second kappa shape index (κ2) is 7.59. The quantitative estimate of drug-likeness (QED) is 0.906. The van der Waals surface area contributed by atoms with Gasteiger partial charge in [0.25, 0.3) is 5.56 Å². The van der Waals surface area contributed by atoms with Crippen molar-refractivity contribution in [3.05, 3.63) is 45.7 Å². The number of rotatable bonds is 3. The maximum atomic E-state index is 12.6. The first kappa shape index (κ1) is 18.0. The summed E-state index contributed by atoms with van der Waals surface area (Å²) in [5.74, 6) is 0.0361. The second-order valence-electron chi connectivity index (χ2n) is 6.45. The number of ether oxygens (including phenoxy) is 1. The number of aromatic nitrogens is 1. The first-order chi connectivity index (χ1) is 12.5. The number of nitrogens with zero attached hydrogens (tertiary/aromatic N) is 2. The number of nitrogens with one attached hydrogen (secondary N) is 1. The number of hydrogen-bond donors (Lipinski definition) is 1. The van der Waals surface area contributed by atoms with E-state index >= 15 is 0 Å². The van der Waals surface area contributed by atoms with Crippen molar-refractivity contribution in [1.82, 2.24) is 14.8 Å². The Morgan fingerprint density at radius 1 is 1.12 bits per heavy atom. The van der Waals surface area contributed by atoms with Crippen molar-refractivity contribution in [3.8, 4) is 0 Å². The van der Waals surface area contributed by atoms with Crippen LogP contribution < -0.4 is 5.56 Å². The number of carbonyl (C=O) groups is 2. The number of aryl methyl sites for hydroxylation is 1. The zero-order valence-electron chi connectivity index (χ0n) is 15.1. The lowest BCUT2D eigenvalue weighted by Gasteiger charge is -2.34. The molecule has 0 aliphatic carbocycles. The summed E-state index contributed by atoms with van der Waals surface area (Å²) in [7, 11) is 0. The van der Waals surface area contributed by atoms with Gasteiger partial charge < -0.3 is 19.5 Å². The summed E-state index contributed by atoms with van der Waals surface area (Å²) in [6.45, 7) is 5.89. The smallest absolute Gasteiger partial charge is 0.409 e. The summed E-state index contributed by atoms with van der Waals surface area (Å²) in [6.07, 6.45) is -0.0217. The molecular weight excluding hydrogens is 334 g/mol. The van der Waals surface area contributed by atoms with Gasteiger partial charge >= 0.3 is 6.09 Å². The minimum atomic E-state index is -0.321. The zero-order chi connectivity index (χ0) is 18.7. The van der Waals surface area contributed by atoms with Crippen LogP contribution in [0.4, 0.5) is 4.79 Å². The minimum Gasteiger partial charge on any atom is -0.450 e. The van der Waals surface area contributed by atoms with Gasteiger partial charge in [-0.1, -0.05) is 6.07 Å². The molecule has 2 heterocycles. The van der Waals surface area contributed by atoms with Crippen molar-refractivity contribution in [2.75, 3.05) is 32.8 Å². The molecule has 0 radical (unpaired) electrons. The third kappa shape index (κ3) is 3.87. The van der Waals surface area contributed by atoms with Gasteiger partial charge in [0.2, 0.25) is 5.91 Å². The van der Waals surface area contributed by atoms with Gasteiger partial charge in [0.05, 0.1) is 13.0 Å². The molecule has 1 aromatic carbocycles. The molecule has 1 aliphatic heterocycles. The van der Waals surface area contributed by atoms with E-state index in [0.29, 0.717) is 44.8 Å². The van der Waals surface area contributed by atoms with Gasteiger partial charge in [-0.05, 0) is 43.0 Å². The molecule has 7 nitrogen and oxygen atoms in total. The maximum Gasteiger partial charge on any atom is 0.409 e. The van der Waals surface area contributed by atoms with E-state index in [-0.39, 0.29) is 17.6 Å². The molecule has 0 bridgehead atoms. The molecule has 0 saturated carbocycles. The van der Waals surface area contributed by atoms with Crippen molar-refractivity contribution < 1.29 is 14.3 Å². The van der Waals surface area contributed by atoms with Crippen LogP contribution in [0.1, 0.15) is 18.1 Å². The Kier molecular flexibility index (Phi) is 5.25. The van der Waals surface area contributed by atoms with Crippen LogP contribution in [0, 0.1) is 6.92 Å². The summed E-state index contributed by atoms with van der Waals surface area (Å²) < 4.78 is 4.99. The van der Waals surface area contributed by atoms with Gasteiger partial charge in [0.1, 0.15) is 0 Å². The van der Waals surface area contributed by atoms with Crippen molar-refractivity contribution >= 4 is 22.9 Å². The monoisotopic (exact) mass is 357 g/mol. The molecule has 1 aliphatic rings. The Morgan fingerprint density at radius 2 is 1.81 bits per heavy atom. The topological polar surface area (TPSA) is 82.7 Å². The minimum absolute atomic E-state index is 0.0361. The van der Waals surface area contributed by atoms with Crippen LogP contribution in [0.15, 0.2) is 29.1 Å². The Balaban J connectivity index is 1.63. The fraction of sp³-hybridized carbons (Fsp3) is 0.421. The molecule has 0 spiro atoms. The highest BCUT2D eigenvalue weighted by molar-refractivity contribution is 5.83. The van der Waals surface area contributed by atoms with Crippen molar-refractivity contribution in [3.63, 3.8) is 0 Å². The summed E-state index contributed by atoms with van der Waals surface area (Å²) in [5, 5.41) is 0.916. The molecule has 2 aromatic rings. The van der Waals surface area contributed by atoms with E-state index in [4.69, 9.17) is 4.74 Å². The predicted octanol–water partition coefficient (Wildman–Crippen LogP) is 1.68. The number of H-pyrrole nitrogens is 1. The van der Waals surface area contributed by atoms with Gasteiger partial charge in [-0.25, -0.2) is 4.79 Å². The second-order valence-corrected chi connectivity index (χ2v) is 6.45. The lowest BCUT2D eigenvalue weighted by atomic mass is 10.1. The fourth-order valence-electron chi connectivity index (χ4n) is 3.11. The molecule has 1 fully saturated rings. The molecule has 138 valence electrons. The van der Waals surface area contributed by atoms with Crippen molar-refractivity contribution in [2.45, 2.75) is 20.3 Å². The average Bonchev–Trinajstić information content (AvgIpc) is 2.63. The lowest BCUT2D eigenvalue weighted by Crippen LogP contribution is -2.51. The number of pyridine rings is 1. The number of aromatic amines is 1. The molecular formula is C19H23N3O4. The van der Waals surface area contributed by atoms with Crippen LogP contribution in [0.5, 0.6) is 0 Å². The number of hydrogen-bond acceptors (Lipinski definition) is 4. The zero-order valence-corrected chi connectivity index (χ0v) is 15.1. The first-order valence-electron chi connectivity index (χ1n) is 8.80. The largest absolute Gasteiger partial charge is 0.450 e. The molecule has 3 rings (SSSR count). The van der Waals surface area contributed by atoms with E-state index in [1.807, 2.05) is 24.3 Å². The number of carbonyl (C=O) groups excluding carboxylic acids is 2. The number of amides is 2. The summed E-state index contributed by atoms with van der Waals surface area (Å²) >= 11 is 0. The summed E-state index contributed by atoms with van der Waals surface area (Å²) in [5.41, 5.74) is 2.22. The molecule has 0 unspecified atom stereocenters. The number of piperazine rings is 1. The highest BCUT2D eigenvalue weighted by Gasteiger charge is 2.24. The van der Waals surface area contributed by atoms with Crippen LogP contribution >= 0.6 is 0 Å². The van der Waals surface area contributed by atoms with Crippen LogP contribution in [0.2, 0.25) is 0 Å². The van der Waals surface area contributed by atoms with Crippen LogP contribution in [0.25, 0.3) is 10.9 Å². The molecule has 0 atom stereocenters. The Labute approximate surface area is 151 Å². The molecule has 1 aromatic heterocycles. The van der Waals surface area contributed by atoms with Crippen molar-refractivity contribution in [1.29, 1.82) is 0 Å². The Morgan fingerprint density at radius 3 is 2.50 bits per heavy atom. The van der Waals surface area contributed by atoms with Crippen LogP contribution in [-0.2, 0) is 16.0 Å². The molecule has 1 N–H and O–H groups in total. The first-order valence-corrected chi connectivity index (χ1v) is 8.80. The SMILES string of the molecule is CCOC(=O)N1CCN(C(=O)Cc2ccc3[nH]c(=O)c(C)cc3c2)CC1. The maximum absolute atomic E-state index is 12.6. The third-order valence-corrected chi connectivity index (χ3v) is 4.61. The van der Waals surface area contributed by atoms with E-state index in [1.54, 1.807) is 23.6 Å². The molecule has 2 amide bonds. The number of benzene rings is 1. The summed E-state index contributed by atoms with van der Waals surface area (Å²) in [4.78, 5) is 42.2. The van der Waals surface area contributed by atoms with E-state index < -0.39 is 0 Å². The highest BCUT2D eigenvalue weighted by Crippen LogP contribution is 2.15. The van der Waals surface area contributed by atoms with Crippen molar-refractivity contribution in [2.24, 2.45) is 0 Å². The molecule has 1 saturated heterocycles. The van der Waals surface area contributed by atoms with E-state index in [9.17, 15) is 14.4 Å². The van der Waals surface area contributed by atoms with Gasteiger partial charge in [0, 0.05) is 37.3 Å². The van der Waals surface area contributed by atoms with E-state index in [1.165, 1.54) is 0 Å². The summed E-state index contributed by atoms with van der Waals surface area (Å²) in [6, 6.07) is 7.46. The lowest BCUT2D eigenvalue weighted by molar-refractivity contribution is -0.132. The highest BCUT2D eigenvalue weighted by atomic mass is 16.6. The van der Waals surface area contributed by atoms with Crippen LogP contribution in [0.3, 0.4) is 0 Å². The standard InChI is InChI=1S/C19H23N3O4/c1-3-26-19(25)22-8-6-21(7-9-22)17(23)12-14-4-5-16-15(11-14)10-13(2)18(24)20-16/h4-5,10-11H,3,6-9,12H2,1-2H3,(H,20,24). The Bertz CT molecular complexity index is 882. The predicted molar refractivity (Wildman–Crippen MR) is 98.2 cm³/mol. The molecule has 7 heteroatoms. The number of fused-ring (bicyclic) bond motifs is 1. The molecule has 26 heavy (non-hydrogen) atoms. The van der Waals surface area contributed by atoms with E-state index in [2.05, 4.69) is 4.98 Å². The van der Waals surface area contributed by atoms with Gasteiger partial charge in [-0.3, -0.25) is 9.59 Å². The van der Waals surface area contributed by atoms with Gasteiger partial charge in [0.15, 0.2) is 0 Å². The van der Waals surface area contributed by atoms with E-state index in [0.717, 1.165) is 16.5 Å². The average molecular weight is 357 g/mol. The normalized spacial score (nSPS) is 14.5. The van der Waals surface area contributed by atoms with Crippen LogP contribution in [-0.4, -0.2) is 59.6 Å².